The summed E-state index contributed by atoms with van der Waals surface area (Å²) < 4.78 is 58.4. The first-order chi connectivity index (χ1) is 13.9. The van der Waals surface area contributed by atoms with Crippen molar-refractivity contribution in [2.75, 3.05) is 18.5 Å². The van der Waals surface area contributed by atoms with Gasteiger partial charge in [0.05, 0.1) is 17.9 Å². The van der Waals surface area contributed by atoms with Crippen molar-refractivity contribution in [3.63, 3.8) is 0 Å². The van der Waals surface area contributed by atoms with E-state index in [1.54, 1.807) is 0 Å². The first kappa shape index (κ1) is 21.5. The number of carbonyl (C=O) groups excluding carboxylic acids is 2. The second kappa shape index (κ2) is 7.59. The van der Waals surface area contributed by atoms with Gasteiger partial charge in [-0.1, -0.05) is 0 Å². The van der Waals surface area contributed by atoms with Crippen LogP contribution in [0, 0.1) is 5.82 Å². The van der Waals surface area contributed by atoms with Gasteiger partial charge in [-0.3, -0.25) is 9.36 Å². The number of rotatable bonds is 2. The number of benzene rings is 1. The van der Waals surface area contributed by atoms with Gasteiger partial charge in [0.15, 0.2) is 0 Å². The third-order valence-corrected chi connectivity index (χ3v) is 4.79. The molecule has 0 bridgehead atoms. The van der Waals surface area contributed by atoms with Crippen LogP contribution >= 0.6 is 15.9 Å². The van der Waals surface area contributed by atoms with Crippen molar-refractivity contribution >= 4 is 33.7 Å². The van der Waals surface area contributed by atoms with Crippen molar-refractivity contribution in [1.82, 2.24) is 14.0 Å². The lowest BCUT2D eigenvalue weighted by Gasteiger charge is -2.17. The Bertz CT molecular complexity index is 1170. The fourth-order valence-electron chi connectivity index (χ4n) is 2.68. The zero-order valence-corrected chi connectivity index (χ0v) is 16.5. The highest BCUT2D eigenvalue weighted by Gasteiger charge is 2.35. The highest BCUT2D eigenvalue weighted by atomic mass is 79.9. The Kier molecular flexibility index (Phi) is 5.45. The zero-order chi connectivity index (χ0) is 22.4. The predicted octanol–water partition coefficient (Wildman–Crippen LogP) is 2.44. The molecule has 3 amide bonds. The number of aromatic nitrogens is 2. The molecule has 2 aromatic rings. The number of carbonyl (C=O) groups is 2. The molecule has 9 nitrogen and oxygen atoms in total. The number of nitrogens with one attached hydrogen (secondary N) is 1. The number of urea groups is 1. The van der Waals surface area contributed by atoms with Crippen molar-refractivity contribution in [3.05, 3.63) is 55.0 Å². The van der Waals surface area contributed by atoms with Crippen molar-refractivity contribution < 1.29 is 31.9 Å². The van der Waals surface area contributed by atoms with E-state index in [0.717, 1.165) is 24.1 Å². The average Bonchev–Trinajstić information content (AvgIpc) is 3.07. The van der Waals surface area contributed by atoms with Crippen LogP contribution in [0.1, 0.15) is 5.69 Å². The first-order valence-corrected chi connectivity index (χ1v) is 8.86. The van der Waals surface area contributed by atoms with Crippen LogP contribution in [0.3, 0.4) is 0 Å². The number of ether oxygens (including phenoxy) is 1. The second-order valence-corrected chi connectivity index (χ2v) is 6.88. The van der Waals surface area contributed by atoms with Crippen molar-refractivity contribution in [2.24, 2.45) is 7.05 Å². The minimum Gasteiger partial charge on any atom is -0.447 e. The minimum atomic E-state index is -4.98. The topological polar surface area (TPSA) is 103 Å². The third kappa shape index (κ3) is 3.81. The fourth-order valence-corrected chi connectivity index (χ4v) is 3.10. The van der Waals surface area contributed by atoms with E-state index >= 15 is 0 Å². The van der Waals surface area contributed by atoms with Gasteiger partial charge in [-0.05, 0) is 28.1 Å². The molecule has 14 heteroatoms. The number of amides is 3. The lowest BCUT2D eigenvalue weighted by Crippen LogP contribution is -2.41. The number of imide groups is 1. The van der Waals surface area contributed by atoms with Crippen LogP contribution in [-0.2, 0) is 18.0 Å². The molecule has 0 aliphatic carbocycles. The molecule has 1 N–H and O–H groups in total. The summed E-state index contributed by atoms with van der Waals surface area (Å²) in [7, 11) is 0.777. The minimum absolute atomic E-state index is 0.0125. The third-order valence-electron chi connectivity index (χ3n) is 4.14. The van der Waals surface area contributed by atoms with Crippen molar-refractivity contribution in [2.45, 2.75) is 6.18 Å². The molecule has 1 aliphatic rings. The maximum Gasteiger partial charge on any atom is 0.431 e. The van der Waals surface area contributed by atoms with Gasteiger partial charge < -0.3 is 10.1 Å². The largest absolute Gasteiger partial charge is 0.447 e. The van der Waals surface area contributed by atoms with E-state index in [9.17, 15) is 36.7 Å². The summed E-state index contributed by atoms with van der Waals surface area (Å²) in [6.45, 7) is -0.0473. The molecule has 1 aliphatic heterocycles. The second-order valence-electron chi connectivity index (χ2n) is 6.02. The van der Waals surface area contributed by atoms with E-state index in [2.05, 4.69) is 26.0 Å². The van der Waals surface area contributed by atoms with Gasteiger partial charge in [-0.15, -0.1) is 0 Å². The number of hydrogen-bond donors (Lipinski definition) is 1. The van der Waals surface area contributed by atoms with Crippen LogP contribution < -0.4 is 16.6 Å². The molecule has 0 radical (unpaired) electrons. The Morgan fingerprint density at radius 1 is 1.20 bits per heavy atom. The summed E-state index contributed by atoms with van der Waals surface area (Å²) in [6, 6.07) is 0.899. The summed E-state index contributed by atoms with van der Waals surface area (Å²) >= 11 is 2.99. The van der Waals surface area contributed by atoms with Gasteiger partial charge in [0.25, 0.3) is 5.56 Å². The number of hydrogen-bond acceptors (Lipinski definition) is 5. The highest BCUT2D eigenvalue weighted by Crippen LogP contribution is 2.29. The van der Waals surface area contributed by atoms with E-state index in [1.807, 2.05) is 0 Å². The van der Waals surface area contributed by atoms with Gasteiger partial charge >= 0.3 is 24.0 Å². The number of halogens is 5. The number of nitrogens with zero attached hydrogens (tertiary/aromatic N) is 3. The molecule has 2 heterocycles. The van der Waals surface area contributed by atoms with E-state index in [4.69, 9.17) is 0 Å². The molecule has 160 valence electrons. The lowest BCUT2D eigenvalue weighted by molar-refractivity contribution is -0.144. The molecule has 30 heavy (non-hydrogen) atoms. The van der Waals surface area contributed by atoms with Gasteiger partial charge in [0.2, 0.25) is 0 Å². The summed E-state index contributed by atoms with van der Waals surface area (Å²) in [6.07, 6.45) is -5.88. The Morgan fingerprint density at radius 3 is 2.43 bits per heavy atom. The van der Waals surface area contributed by atoms with Crippen LogP contribution in [0.5, 0.6) is 0 Å². The maximum atomic E-state index is 14.5. The summed E-state index contributed by atoms with van der Waals surface area (Å²) in [5, 5.41) is 2.28. The Labute approximate surface area is 172 Å². The summed E-state index contributed by atoms with van der Waals surface area (Å²) in [4.78, 5) is 48.9. The molecule has 3 rings (SSSR count). The Morgan fingerprint density at radius 2 is 1.87 bits per heavy atom. The highest BCUT2D eigenvalue weighted by molar-refractivity contribution is 9.10. The maximum absolute atomic E-state index is 14.5. The number of alkyl halides is 3. The summed E-state index contributed by atoms with van der Waals surface area (Å²) in [5.74, 6) is -1.13. The lowest BCUT2D eigenvalue weighted by atomic mass is 10.2. The van der Waals surface area contributed by atoms with Crippen LogP contribution in [0.15, 0.2) is 32.3 Å². The van der Waals surface area contributed by atoms with E-state index in [1.165, 1.54) is 0 Å². The molecular weight excluding hydrogens is 484 g/mol. The monoisotopic (exact) mass is 494 g/mol. The molecule has 1 saturated heterocycles. The van der Waals surface area contributed by atoms with Crippen LogP contribution in [0.4, 0.5) is 32.8 Å². The molecule has 0 unspecified atom stereocenters. The van der Waals surface area contributed by atoms with Crippen molar-refractivity contribution in [3.8, 4) is 5.69 Å². The van der Waals surface area contributed by atoms with Crippen molar-refractivity contribution in [1.29, 1.82) is 0 Å². The van der Waals surface area contributed by atoms with E-state index < -0.39 is 46.7 Å². The summed E-state index contributed by atoms with van der Waals surface area (Å²) in [5.41, 5.74) is -5.22. The number of cyclic esters (lactones) is 1. The van der Waals surface area contributed by atoms with Gasteiger partial charge in [-0.25, -0.2) is 28.2 Å². The molecule has 1 aromatic carbocycles. The van der Waals surface area contributed by atoms with Crippen LogP contribution in [-0.4, -0.2) is 39.3 Å². The predicted molar refractivity (Wildman–Crippen MR) is 97.0 cm³/mol. The van der Waals surface area contributed by atoms with Gasteiger partial charge in [0.1, 0.15) is 18.1 Å². The normalized spacial score (nSPS) is 14.1. The van der Waals surface area contributed by atoms with Crippen LogP contribution in [0.2, 0.25) is 0 Å². The van der Waals surface area contributed by atoms with E-state index in [-0.39, 0.29) is 38.5 Å². The van der Waals surface area contributed by atoms with Gasteiger partial charge in [-0.2, -0.15) is 13.2 Å². The average molecular weight is 495 g/mol. The number of anilines is 1. The van der Waals surface area contributed by atoms with Gasteiger partial charge in [0, 0.05) is 17.6 Å². The standard InChI is InChI=1S/C16H11BrF4N4O5/c1-23-11(16(19,20)21)6-12(26)25(14(23)28)10-5-9(7(17)4-8(10)18)22-13(27)24-2-3-30-15(24)29/h4-6H,2-3H2,1H3,(H,22,27). The SMILES string of the molecule is Cn1c(C(F)(F)F)cc(=O)n(-c2cc(NC(=O)N3CCOC3=O)c(Br)cc2F)c1=O. The molecular formula is C16H11BrF4N4O5. The molecule has 0 atom stereocenters. The van der Waals surface area contributed by atoms with Crippen LogP contribution in [0.25, 0.3) is 5.69 Å². The first-order valence-electron chi connectivity index (χ1n) is 8.06. The molecule has 1 aromatic heterocycles. The quantitative estimate of drug-likeness (QED) is 0.646. The Hall–Kier alpha value is -3.16. The smallest absolute Gasteiger partial charge is 0.431 e. The fraction of sp³-hybridized carbons (Fsp3) is 0.250. The van der Waals surface area contributed by atoms with E-state index in [0.29, 0.717) is 0 Å². The zero-order valence-electron chi connectivity index (χ0n) is 14.9. The molecule has 0 saturated carbocycles. The molecule has 1 fully saturated rings. The Balaban J connectivity index is 2.10. The molecule has 0 spiro atoms.